The molecule has 0 radical (unpaired) electrons. The normalized spacial score (nSPS) is 47.7. The predicted molar refractivity (Wildman–Crippen MR) is 73.7 cm³/mol. The van der Waals surface area contributed by atoms with Gasteiger partial charge >= 0.3 is 5.97 Å². The van der Waals surface area contributed by atoms with Crippen molar-refractivity contribution in [1.82, 2.24) is 0 Å². The van der Waals surface area contributed by atoms with E-state index in [4.69, 9.17) is 0 Å². The van der Waals surface area contributed by atoms with Gasteiger partial charge in [0.1, 0.15) is 0 Å². The van der Waals surface area contributed by atoms with Crippen LogP contribution in [-0.2, 0) is 4.79 Å². The van der Waals surface area contributed by atoms with E-state index in [9.17, 15) is 9.90 Å². The first-order valence-corrected chi connectivity index (χ1v) is 8.27. The second kappa shape index (κ2) is 3.77. The van der Waals surface area contributed by atoms with Gasteiger partial charge in [-0.05, 0) is 80.5 Å². The van der Waals surface area contributed by atoms with Gasteiger partial charge < -0.3 is 5.11 Å². The number of hydrogen-bond donors (Lipinski definition) is 1. The van der Waals surface area contributed by atoms with E-state index in [2.05, 4.69) is 6.92 Å². The van der Waals surface area contributed by atoms with Gasteiger partial charge in [0.05, 0.1) is 5.41 Å². The lowest BCUT2D eigenvalue weighted by Gasteiger charge is -2.62. The van der Waals surface area contributed by atoms with Gasteiger partial charge in [-0.2, -0.15) is 0 Å². The van der Waals surface area contributed by atoms with Gasteiger partial charge in [-0.3, -0.25) is 4.79 Å². The molecule has 5 saturated carbocycles. The van der Waals surface area contributed by atoms with Crippen molar-refractivity contribution in [3.8, 4) is 0 Å². The third-order valence-corrected chi connectivity index (χ3v) is 7.50. The molecule has 0 aromatic rings. The van der Waals surface area contributed by atoms with Gasteiger partial charge in [0.2, 0.25) is 0 Å². The summed E-state index contributed by atoms with van der Waals surface area (Å²) in [5.41, 5.74) is 0.0409. The summed E-state index contributed by atoms with van der Waals surface area (Å²) in [6.45, 7) is 2.29. The van der Waals surface area contributed by atoms with Gasteiger partial charge in [-0.15, -0.1) is 0 Å². The fraction of sp³-hybridized carbons (Fsp3) is 0.941. The Morgan fingerprint density at radius 1 is 1.05 bits per heavy atom. The van der Waals surface area contributed by atoms with E-state index in [0.29, 0.717) is 11.3 Å². The molecule has 19 heavy (non-hydrogen) atoms. The van der Waals surface area contributed by atoms with Gasteiger partial charge in [0.15, 0.2) is 0 Å². The number of carboxylic acids is 1. The molecule has 0 aliphatic heterocycles. The third-order valence-electron chi connectivity index (χ3n) is 7.50. The second-order valence-corrected chi connectivity index (χ2v) is 8.32. The van der Waals surface area contributed by atoms with E-state index >= 15 is 0 Å². The highest BCUT2D eigenvalue weighted by atomic mass is 16.4. The number of aliphatic carboxylic acids is 1. The summed E-state index contributed by atoms with van der Waals surface area (Å²) in [5.74, 6) is 2.69. The predicted octanol–water partition coefficient (Wildman–Crippen LogP) is 4.09. The third kappa shape index (κ3) is 1.52. The topological polar surface area (TPSA) is 37.3 Å². The van der Waals surface area contributed by atoms with Crippen LogP contribution in [0, 0.1) is 34.5 Å². The summed E-state index contributed by atoms with van der Waals surface area (Å²) in [6.07, 6.45) is 11.4. The first-order valence-electron chi connectivity index (χ1n) is 8.27. The Kier molecular flexibility index (Phi) is 2.42. The van der Waals surface area contributed by atoms with Gasteiger partial charge in [-0.25, -0.2) is 0 Å². The highest BCUT2D eigenvalue weighted by Gasteiger charge is 2.60. The van der Waals surface area contributed by atoms with Crippen molar-refractivity contribution in [2.45, 2.75) is 64.7 Å². The smallest absolute Gasteiger partial charge is 0.309 e. The summed E-state index contributed by atoms with van der Waals surface area (Å²) >= 11 is 0. The van der Waals surface area contributed by atoms with Crippen LogP contribution in [0.2, 0.25) is 0 Å². The Balaban J connectivity index is 1.66. The zero-order valence-corrected chi connectivity index (χ0v) is 12.0. The number of carbonyl (C=O) groups is 1. The average molecular weight is 262 g/mol. The zero-order chi connectivity index (χ0) is 13.3. The molecule has 5 rings (SSSR count). The lowest BCUT2D eigenvalue weighted by Crippen LogP contribution is -2.56. The van der Waals surface area contributed by atoms with Crippen LogP contribution in [0.25, 0.3) is 0 Å². The van der Waals surface area contributed by atoms with Crippen molar-refractivity contribution in [3.05, 3.63) is 0 Å². The first kappa shape index (κ1) is 12.2. The molecule has 1 unspecified atom stereocenters. The fourth-order valence-corrected chi connectivity index (χ4v) is 6.68. The molecule has 0 saturated heterocycles. The molecule has 2 nitrogen and oxygen atoms in total. The Morgan fingerprint density at radius 3 is 1.84 bits per heavy atom. The average Bonchev–Trinajstić information content (AvgIpc) is 2.24. The minimum absolute atomic E-state index is 0.355. The van der Waals surface area contributed by atoms with Crippen LogP contribution in [0.15, 0.2) is 0 Å². The molecule has 1 atom stereocenters. The second-order valence-electron chi connectivity index (χ2n) is 8.32. The minimum atomic E-state index is -0.498. The van der Waals surface area contributed by atoms with Crippen molar-refractivity contribution in [3.63, 3.8) is 0 Å². The van der Waals surface area contributed by atoms with Crippen LogP contribution in [0.5, 0.6) is 0 Å². The largest absolute Gasteiger partial charge is 0.481 e. The standard InChI is InChI=1S/C17H26O2/c1-11(17(15(18)19)3-2-4-17)16-8-12-5-13(9-16)7-14(6-12)10-16/h11-14H,2-10H2,1H3,(H,18,19). The van der Waals surface area contributed by atoms with Crippen LogP contribution in [0.4, 0.5) is 0 Å². The van der Waals surface area contributed by atoms with Crippen LogP contribution < -0.4 is 0 Å². The van der Waals surface area contributed by atoms with E-state index in [1.165, 1.54) is 38.5 Å². The SMILES string of the molecule is CC(C12CC3CC(CC(C3)C1)C2)C1(C(=O)O)CCC1. The lowest BCUT2D eigenvalue weighted by molar-refractivity contribution is -0.178. The van der Waals surface area contributed by atoms with Crippen LogP contribution in [-0.4, -0.2) is 11.1 Å². The maximum atomic E-state index is 11.8. The fourth-order valence-electron chi connectivity index (χ4n) is 6.68. The highest BCUT2D eigenvalue weighted by Crippen LogP contribution is 2.67. The molecule has 0 amide bonds. The van der Waals surface area contributed by atoms with E-state index in [-0.39, 0.29) is 5.41 Å². The maximum Gasteiger partial charge on any atom is 0.309 e. The Bertz CT molecular complexity index is 372. The molecule has 0 heterocycles. The summed E-state index contributed by atoms with van der Waals surface area (Å²) in [7, 11) is 0. The number of carboxylic acid groups (broad SMARTS) is 1. The Labute approximate surface area is 116 Å². The van der Waals surface area contributed by atoms with Crippen molar-refractivity contribution in [2.24, 2.45) is 34.5 Å². The lowest BCUT2D eigenvalue weighted by atomic mass is 9.42. The monoisotopic (exact) mass is 262 g/mol. The molecule has 2 heteroatoms. The van der Waals surface area contributed by atoms with Crippen molar-refractivity contribution >= 4 is 5.97 Å². The molecule has 5 aliphatic rings. The molecule has 0 spiro atoms. The van der Waals surface area contributed by atoms with Crippen LogP contribution >= 0.6 is 0 Å². The van der Waals surface area contributed by atoms with Gasteiger partial charge in [0.25, 0.3) is 0 Å². The van der Waals surface area contributed by atoms with Crippen molar-refractivity contribution < 1.29 is 9.90 Å². The zero-order valence-electron chi connectivity index (χ0n) is 12.0. The van der Waals surface area contributed by atoms with Crippen LogP contribution in [0.3, 0.4) is 0 Å². The quantitative estimate of drug-likeness (QED) is 0.831. The summed E-state index contributed by atoms with van der Waals surface area (Å²) in [6, 6.07) is 0. The van der Waals surface area contributed by atoms with Gasteiger partial charge in [0, 0.05) is 0 Å². The molecule has 5 fully saturated rings. The molecule has 1 N–H and O–H groups in total. The first-order chi connectivity index (χ1) is 9.04. The van der Waals surface area contributed by atoms with E-state index < -0.39 is 5.97 Å². The molecule has 0 aromatic carbocycles. The van der Waals surface area contributed by atoms with E-state index in [0.717, 1.165) is 37.0 Å². The van der Waals surface area contributed by atoms with Crippen molar-refractivity contribution in [2.75, 3.05) is 0 Å². The summed E-state index contributed by atoms with van der Waals surface area (Å²) < 4.78 is 0. The highest BCUT2D eigenvalue weighted by molar-refractivity contribution is 5.76. The van der Waals surface area contributed by atoms with Gasteiger partial charge in [-0.1, -0.05) is 13.3 Å². The number of rotatable bonds is 3. The Hall–Kier alpha value is -0.530. The van der Waals surface area contributed by atoms with E-state index in [1.807, 2.05) is 0 Å². The molecular formula is C17H26O2. The number of hydrogen-bond acceptors (Lipinski definition) is 1. The maximum absolute atomic E-state index is 11.8. The molecule has 4 bridgehead atoms. The summed E-state index contributed by atoms with van der Waals surface area (Å²) in [4.78, 5) is 11.8. The minimum Gasteiger partial charge on any atom is -0.481 e. The Morgan fingerprint density at radius 2 is 1.53 bits per heavy atom. The molecule has 106 valence electrons. The van der Waals surface area contributed by atoms with E-state index in [1.54, 1.807) is 0 Å². The van der Waals surface area contributed by atoms with Crippen molar-refractivity contribution in [1.29, 1.82) is 0 Å². The molecular weight excluding hydrogens is 236 g/mol. The summed E-state index contributed by atoms with van der Waals surface area (Å²) in [5, 5.41) is 9.76. The molecule has 0 aromatic heterocycles. The van der Waals surface area contributed by atoms with Crippen LogP contribution in [0.1, 0.15) is 64.7 Å². The molecule has 5 aliphatic carbocycles.